The summed E-state index contributed by atoms with van der Waals surface area (Å²) < 4.78 is 2.37. The average Bonchev–Trinajstić information content (AvgIpc) is 3.32. The topological polar surface area (TPSA) is 8.17 Å². The zero-order valence-corrected chi connectivity index (χ0v) is 22.8. The number of nitrogens with zero attached hydrogens (tertiary/aromatic N) is 2. The molecule has 0 N–H and O–H groups in total. The van der Waals surface area contributed by atoms with Crippen molar-refractivity contribution < 1.29 is 0 Å². The molecule has 40 heavy (non-hydrogen) atoms. The molecule has 0 aliphatic heterocycles. The van der Waals surface area contributed by atoms with Crippen molar-refractivity contribution in [3.8, 4) is 0 Å². The van der Waals surface area contributed by atoms with Crippen LogP contribution in [0.5, 0.6) is 0 Å². The van der Waals surface area contributed by atoms with Gasteiger partial charge in [0.2, 0.25) is 0 Å². The Hall–Kier alpha value is -5.08. The van der Waals surface area contributed by atoms with E-state index in [9.17, 15) is 0 Å². The molecule has 0 amide bonds. The van der Waals surface area contributed by atoms with Gasteiger partial charge in [-0.1, -0.05) is 104 Å². The highest BCUT2D eigenvalue weighted by Gasteiger charge is 2.22. The molecule has 0 saturated carbocycles. The number of allylic oxidation sites excluding steroid dienone is 3. The quantitative estimate of drug-likeness (QED) is 0.164. The van der Waals surface area contributed by atoms with Crippen LogP contribution < -0.4 is 4.90 Å². The van der Waals surface area contributed by atoms with Crippen molar-refractivity contribution in [1.29, 1.82) is 0 Å². The van der Waals surface area contributed by atoms with E-state index < -0.39 is 0 Å². The van der Waals surface area contributed by atoms with Gasteiger partial charge in [0.05, 0.1) is 16.7 Å². The van der Waals surface area contributed by atoms with E-state index in [1.165, 1.54) is 43.4 Å². The second-order valence-electron chi connectivity index (χ2n) is 10.2. The molecule has 1 aromatic heterocycles. The van der Waals surface area contributed by atoms with Gasteiger partial charge in [0.25, 0.3) is 0 Å². The third-order valence-electron chi connectivity index (χ3n) is 8.10. The molecule has 0 spiro atoms. The molecular formula is C38H30N2. The highest BCUT2D eigenvalue weighted by molar-refractivity contribution is 6.33. The molecule has 7 rings (SSSR count). The standard InChI is InChI=1S/C38H30N2/c1-4-26(5-2)27-15-13-18-29(25-27)40(28-16-7-6-8-17-28)35-24-14-23-34-37(35)36-32-21-11-9-19-30(32)31-20-10-12-22-33(31)38(36)39(34)3/h4-25H,1H2,2-3H3/b26-5+. The molecule has 0 bridgehead atoms. The first kappa shape index (κ1) is 24.0. The van der Waals surface area contributed by atoms with E-state index in [0.717, 1.165) is 28.2 Å². The maximum Gasteiger partial charge on any atom is 0.0575 e. The van der Waals surface area contributed by atoms with Gasteiger partial charge >= 0.3 is 0 Å². The van der Waals surface area contributed by atoms with E-state index in [0.29, 0.717) is 0 Å². The molecule has 0 saturated heterocycles. The number of aromatic nitrogens is 1. The van der Waals surface area contributed by atoms with Gasteiger partial charge in [-0.15, -0.1) is 0 Å². The van der Waals surface area contributed by atoms with E-state index >= 15 is 0 Å². The Bertz CT molecular complexity index is 2090. The third-order valence-corrected chi connectivity index (χ3v) is 8.10. The van der Waals surface area contributed by atoms with E-state index in [2.05, 4.69) is 157 Å². The van der Waals surface area contributed by atoms with Crippen molar-refractivity contribution in [2.75, 3.05) is 4.90 Å². The van der Waals surface area contributed by atoms with Gasteiger partial charge in [-0.2, -0.15) is 0 Å². The summed E-state index contributed by atoms with van der Waals surface area (Å²) in [6, 6.07) is 43.7. The van der Waals surface area contributed by atoms with Crippen LogP contribution >= 0.6 is 0 Å². The Morgan fingerprint density at radius 1 is 0.650 bits per heavy atom. The van der Waals surface area contributed by atoms with Crippen molar-refractivity contribution in [1.82, 2.24) is 4.57 Å². The van der Waals surface area contributed by atoms with Crippen LogP contribution in [-0.4, -0.2) is 4.57 Å². The number of aryl methyl sites for hydroxylation is 1. The van der Waals surface area contributed by atoms with Crippen molar-refractivity contribution in [2.45, 2.75) is 6.92 Å². The fourth-order valence-corrected chi connectivity index (χ4v) is 6.33. The van der Waals surface area contributed by atoms with Crippen molar-refractivity contribution >= 4 is 66.0 Å². The summed E-state index contributed by atoms with van der Waals surface area (Å²) in [5.41, 5.74) is 8.14. The maximum atomic E-state index is 4.05. The van der Waals surface area contributed by atoms with Gasteiger partial charge in [-0.05, 0) is 70.6 Å². The Kier molecular flexibility index (Phi) is 5.75. The zero-order valence-electron chi connectivity index (χ0n) is 22.8. The van der Waals surface area contributed by atoms with E-state index in [1.54, 1.807) is 0 Å². The Morgan fingerprint density at radius 3 is 2.00 bits per heavy atom. The van der Waals surface area contributed by atoms with Gasteiger partial charge in [0.1, 0.15) is 0 Å². The van der Waals surface area contributed by atoms with Crippen molar-refractivity contribution in [2.24, 2.45) is 7.05 Å². The molecule has 0 radical (unpaired) electrons. The number of hydrogen-bond donors (Lipinski definition) is 0. The molecule has 1 heterocycles. The lowest BCUT2D eigenvalue weighted by Gasteiger charge is -2.27. The summed E-state index contributed by atoms with van der Waals surface area (Å²) >= 11 is 0. The monoisotopic (exact) mass is 514 g/mol. The molecule has 0 fully saturated rings. The summed E-state index contributed by atoms with van der Waals surface area (Å²) in [6.07, 6.45) is 4.04. The fraction of sp³-hybridized carbons (Fsp3) is 0.0526. The second kappa shape index (κ2) is 9.59. The van der Waals surface area contributed by atoms with Crippen LogP contribution in [0.1, 0.15) is 12.5 Å². The fourth-order valence-electron chi connectivity index (χ4n) is 6.33. The van der Waals surface area contributed by atoms with Gasteiger partial charge in [0, 0.05) is 34.6 Å². The normalized spacial score (nSPS) is 12.0. The Balaban J connectivity index is 1.64. The summed E-state index contributed by atoms with van der Waals surface area (Å²) in [7, 11) is 2.20. The molecule has 0 aliphatic rings. The van der Waals surface area contributed by atoms with Crippen molar-refractivity contribution in [3.63, 3.8) is 0 Å². The molecule has 0 unspecified atom stereocenters. The molecule has 6 aromatic carbocycles. The number of hydrogen-bond acceptors (Lipinski definition) is 1. The summed E-state index contributed by atoms with van der Waals surface area (Å²) in [4.78, 5) is 2.39. The van der Waals surface area contributed by atoms with Crippen LogP contribution in [0, 0.1) is 0 Å². The molecule has 0 atom stereocenters. The van der Waals surface area contributed by atoms with Crippen LogP contribution in [0.4, 0.5) is 17.1 Å². The molecular weight excluding hydrogens is 484 g/mol. The third kappa shape index (κ3) is 3.57. The highest BCUT2D eigenvalue weighted by Crippen LogP contribution is 2.47. The van der Waals surface area contributed by atoms with Gasteiger partial charge in [-0.25, -0.2) is 0 Å². The SMILES string of the molecule is C=C/C(=C\C)c1cccc(N(c2ccccc2)c2cccc3c2c2c4ccccc4c4ccccc4c2n3C)c1. The van der Waals surface area contributed by atoms with Crippen LogP contribution in [0.25, 0.3) is 48.9 Å². The number of fused-ring (bicyclic) bond motifs is 8. The van der Waals surface area contributed by atoms with E-state index in [1.807, 2.05) is 6.08 Å². The first-order chi connectivity index (χ1) is 19.7. The van der Waals surface area contributed by atoms with Gasteiger partial charge < -0.3 is 9.47 Å². The molecule has 0 aliphatic carbocycles. The lowest BCUT2D eigenvalue weighted by atomic mass is 9.96. The number of para-hydroxylation sites is 1. The lowest BCUT2D eigenvalue weighted by molar-refractivity contribution is 1.02. The minimum Gasteiger partial charge on any atom is -0.343 e. The first-order valence-electron chi connectivity index (χ1n) is 13.8. The predicted molar refractivity (Wildman–Crippen MR) is 174 cm³/mol. The molecule has 2 heteroatoms. The minimum absolute atomic E-state index is 1.11. The summed E-state index contributed by atoms with van der Waals surface area (Å²) in [5.74, 6) is 0. The summed E-state index contributed by atoms with van der Waals surface area (Å²) in [5, 5.41) is 7.67. The van der Waals surface area contributed by atoms with Crippen LogP contribution in [-0.2, 0) is 7.05 Å². The molecule has 2 nitrogen and oxygen atoms in total. The van der Waals surface area contributed by atoms with Crippen LogP contribution in [0.15, 0.2) is 140 Å². The number of anilines is 3. The smallest absolute Gasteiger partial charge is 0.0575 e. The lowest BCUT2D eigenvalue weighted by Crippen LogP contribution is -2.10. The van der Waals surface area contributed by atoms with Crippen LogP contribution in [0.3, 0.4) is 0 Å². The predicted octanol–water partition coefficient (Wildman–Crippen LogP) is 10.7. The van der Waals surface area contributed by atoms with Crippen molar-refractivity contribution in [3.05, 3.63) is 146 Å². The first-order valence-corrected chi connectivity index (χ1v) is 13.8. The Morgan fingerprint density at radius 2 is 1.27 bits per heavy atom. The summed E-state index contributed by atoms with van der Waals surface area (Å²) in [6.45, 7) is 6.11. The second-order valence-corrected chi connectivity index (χ2v) is 10.2. The largest absolute Gasteiger partial charge is 0.343 e. The Labute approximate surface area is 234 Å². The zero-order chi connectivity index (χ0) is 27.2. The number of rotatable bonds is 5. The highest BCUT2D eigenvalue weighted by atomic mass is 15.1. The molecule has 7 aromatic rings. The van der Waals surface area contributed by atoms with Crippen LogP contribution in [0.2, 0.25) is 0 Å². The number of benzene rings is 6. The van der Waals surface area contributed by atoms with E-state index in [-0.39, 0.29) is 0 Å². The van der Waals surface area contributed by atoms with Gasteiger partial charge in [-0.3, -0.25) is 0 Å². The molecule has 192 valence electrons. The average molecular weight is 515 g/mol. The van der Waals surface area contributed by atoms with E-state index in [4.69, 9.17) is 0 Å². The minimum atomic E-state index is 1.11. The maximum absolute atomic E-state index is 4.05. The van der Waals surface area contributed by atoms with Gasteiger partial charge in [0.15, 0.2) is 0 Å².